The third kappa shape index (κ3) is 45.3. The zero-order valence-corrected chi connectivity index (χ0v) is 18.8. The van der Waals surface area contributed by atoms with E-state index in [0.717, 1.165) is 13.0 Å². The van der Waals surface area contributed by atoms with Crippen molar-refractivity contribution in [2.75, 3.05) is 6.54 Å². The Morgan fingerprint density at radius 1 is 0.733 bits per heavy atom. The molecule has 0 aliphatic heterocycles. The number of hydrogen-bond donors (Lipinski definition) is 2. The molecule has 0 aliphatic carbocycles. The van der Waals surface area contributed by atoms with E-state index in [4.69, 9.17) is 5.73 Å². The predicted octanol–water partition coefficient (Wildman–Crippen LogP) is 5.74. The van der Waals surface area contributed by atoms with Crippen LogP contribution < -0.4 is 41.4 Å². The van der Waals surface area contributed by atoms with Gasteiger partial charge in [-0.1, -0.05) is 129 Å². The van der Waals surface area contributed by atoms with E-state index in [1.165, 1.54) is 11.1 Å². The molecule has 0 saturated carbocycles. The number of nitrogens with two attached hydrogens (primary N) is 1. The Kier molecular flexibility index (Phi) is 96.0. The van der Waals surface area contributed by atoms with Gasteiger partial charge < -0.3 is 17.4 Å². The van der Waals surface area contributed by atoms with Gasteiger partial charge in [0.1, 0.15) is 0 Å². The summed E-state index contributed by atoms with van der Waals surface area (Å²) in [4.78, 5) is 0. The molecule has 0 saturated heterocycles. The van der Waals surface area contributed by atoms with Gasteiger partial charge >= 0.3 is 29.6 Å². The van der Waals surface area contributed by atoms with Crippen molar-refractivity contribution in [1.29, 1.82) is 0 Å². The van der Waals surface area contributed by atoms with Gasteiger partial charge in [0.15, 0.2) is 0 Å². The van der Waals surface area contributed by atoms with Crippen molar-refractivity contribution in [3.63, 3.8) is 0 Å². The molecule has 6 N–H and O–H groups in total. The zero-order valence-electron chi connectivity index (χ0n) is 16.8. The largest absolute Gasteiger partial charge is 1.00 e. The monoisotopic (exact) mass is 430 g/mol. The molecule has 0 atom stereocenters. The fourth-order valence-corrected chi connectivity index (χ4v) is 1.18. The van der Waals surface area contributed by atoms with E-state index >= 15 is 0 Å². The third-order valence-corrected chi connectivity index (χ3v) is 2.36. The summed E-state index contributed by atoms with van der Waals surface area (Å²) in [5, 5.41) is 0. The molecule has 0 bridgehead atoms. The van der Waals surface area contributed by atoms with E-state index in [-0.39, 0.29) is 70.9 Å². The van der Waals surface area contributed by atoms with Gasteiger partial charge in [-0.15, -0.1) is 6.58 Å². The summed E-state index contributed by atoms with van der Waals surface area (Å²) in [5.74, 6) is 0. The van der Waals surface area contributed by atoms with Crippen LogP contribution in [0, 0.1) is 0 Å². The van der Waals surface area contributed by atoms with Crippen LogP contribution in [0.3, 0.4) is 0 Å². The average Bonchev–Trinajstić information content (AvgIpc) is 2.64. The second-order valence-electron chi connectivity index (χ2n) is 4.43. The van der Waals surface area contributed by atoms with Crippen LogP contribution >= 0.6 is 0 Å². The van der Waals surface area contributed by atoms with Crippen LogP contribution in [0.25, 0.3) is 12.2 Å². The standard InChI is InChI=1S/2C8H8.C3H9N.C3H6.4CH4.H3N.Na.H2O/c2*1-2-8-6-4-3-5-7-8;1-2-3-4;1-3-2;;;;;;;/h2*2-7H,1H2;2-4H2,1H3;3H,1H2,2H3;4*1H4;1H3;;1H2/q;;;;;;;;;+1;/p-1. The molecular weight excluding hydrogens is 379 g/mol. The van der Waals surface area contributed by atoms with Gasteiger partial charge in [0, 0.05) is 0 Å². The Balaban J connectivity index is -0.0000000275. The summed E-state index contributed by atoms with van der Waals surface area (Å²) >= 11 is 0. The molecular formula is C26H51N2NaO. The van der Waals surface area contributed by atoms with Crippen LogP contribution in [0.4, 0.5) is 0 Å². The Morgan fingerprint density at radius 2 is 0.933 bits per heavy atom. The predicted molar refractivity (Wildman–Crippen MR) is 142 cm³/mol. The molecule has 0 fully saturated rings. The molecule has 2 rings (SSSR count). The van der Waals surface area contributed by atoms with Gasteiger partial charge in [-0.2, -0.15) is 0 Å². The van der Waals surface area contributed by atoms with E-state index < -0.39 is 0 Å². The van der Waals surface area contributed by atoms with E-state index in [2.05, 4.69) is 26.7 Å². The smallest absolute Gasteiger partial charge is 0.870 e. The quantitative estimate of drug-likeness (QED) is 0.480. The minimum absolute atomic E-state index is 0. The Labute approximate surface area is 212 Å². The van der Waals surface area contributed by atoms with Crippen molar-refractivity contribution < 1.29 is 35.0 Å². The maximum atomic E-state index is 5.03. The van der Waals surface area contributed by atoms with Gasteiger partial charge in [-0.05, 0) is 31.0 Å². The number of rotatable bonds is 3. The van der Waals surface area contributed by atoms with Crippen LogP contribution in [0.5, 0.6) is 0 Å². The van der Waals surface area contributed by atoms with Crippen LogP contribution in [-0.2, 0) is 0 Å². The number of allylic oxidation sites excluding steroid dienone is 1. The molecule has 30 heavy (non-hydrogen) atoms. The molecule has 0 aromatic heterocycles. The van der Waals surface area contributed by atoms with E-state index in [0.29, 0.717) is 0 Å². The van der Waals surface area contributed by atoms with Crippen molar-refractivity contribution in [3.05, 3.63) is 97.6 Å². The fraction of sp³-hybridized carbons (Fsp3) is 0.308. The molecule has 2 aromatic rings. The Morgan fingerprint density at radius 3 is 1.03 bits per heavy atom. The summed E-state index contributed by atoms with van der Waals surface area (Å²) in [6.45, 7) is 15.4. The van der Waals surface area contributed by atoms with Crippen molar-refractivity contribution in [1.82, 2.24) is 6.15 Å². The topological polar surface area (TPSA) is 91.0 Å². The SMILES string of the molecule is C.C.C.C.C=CC.C=Cc1ccccc1.C=Cc1ccccc1.CCCN.N.[Na+].[OH-]. The van der Waals surface area contributed by atoms with Gasteiger partial charge in [0.25, 0.3) is 0 Å². The van der Waals surface area contributed by atoms with Crippen molar-refractivity contribution in [2.45, 2.75) is 50.0 Å². The average molecular weight is 431 g/mol. The molecule has 0 heterocycles. The van der Waals surface area contributed by atoms with Crippen LogP contribution in [0.15, 0.2) is 86.5 Å². The van der Waals surface area contributed by atoms with E-state index in [1.807, 2.05) is 79.7 Å². The number of hydrogen-bond acceptors (Lipinski definition) is 3. The maximum absolute atomic E-state index is 5.03. The summed E-state index contributed by atoms with van der Waals surface area (Å²) in [7, 11) is 0. The molecule has 2 aromatic carbocycles. The van der Waals surface area contributed by atoms with Gasteiger partial charge in [0.05, 0.1) is 0 Å². The first-order valence-corrected chi connectivity index (χ1v) is 7.82. The fourth-order valence-electron chi connectivity index (χ4n) is 1.18. The zero-order chi connectivity index (χ0) is 17.8. The molecule has 0 aliphatic rings. The second kappa shape index (κ2) is 50.8. The molecule has 0 spiro atoms. The summed E-state index contributed by atoms with van der Waals surface area (Å²) in [6.07, 6.45) is 6.51. The first-order chi connectivity index (χ1) is 11.2. The first-order valence-electron chi connectivity index (χ1n) is 7.82. The normalized spacial score (nSPS) is 5.97. The van der Waals surface area contributed by atoms with Gasteiger partial charge in [0.2, 0.25) is 0 Å². The van der Waals surface area contributed by atoms with Crippen molar-refractivity contribution >= 4 is 12.2 Å². The summed E-state index contributed by atoms with van der Waals surface area (Å²) in [5.41, 5.74) is 7.38. The molecule has 3 nitrogen and oxygen atoms in total. The molecule has 0 radical (unpaired) electrons. The Bertz CT molecular complexity index is 457. The Hall–Kier alpha value is -1.46. The second-order valence-corrected chi connectivity index (χ2v) is 4.43. The van der Waals surface area contributed by atoms with Crippen LogP contribution in [0.1, 0.15) is 61.1 Å². The van der Waals surface area contributed by atoms with Gasteiger partial charge in [-0.3, -0.25) is 0 Å². The van der Waals surface area contributed by atoms with Crippen LogP contribution in [0.2, 0.25) is 0 Å². The maximum Gasteiger partial charge on any atom is 1.00 e. The van der Waals surface area contributed by atoms with Crippen molar-refractivity contribution in [2.24, 2.45) is 5.73 Å². The summed E-state index contributed by atoms with van der Waals surface area (Å²) < 4.78 is 0. The van der Waals surface area contributed by atoms with E-state index in [9.17, 15) is 0 Å². The summed E-state index contributed by atoms with van der Waals surface area (Å²) in [6, 6.07) is 20.1. The third-order valence-electron chi connectivity index (χ3n) is 2.36. The minimum Gasteiger partial charge on any atom is -0.870 e. The number of benzene rings is 2. The molecule has 0 amide bonds. The van der Waals surface area contributed by atoms with Crippen LogP contribution in [-0.4, -0.2) is 12.0 Å². The first kappa shape index (κ1) is 56.7. The van der Waals surface area contributed by atoms with Gasteiger partial charge in [-0.25, -0.2) is 0 Å². The molecule has 172 valence electrons. The van der Waals surface area contributed by atoms with Crippen molar-refractivity contribution in [3.8, 4) is 0 Å². The minimum atomic E-state index is 0. The van der Waals surface area contributed by atoms with E-state index in [1.54, 1.807) is 6.08 Å². The molecule has 0 unspecified atom stereocenters. The molecule has 4 heteroatoms.